The minimum Gasteiger partial charge on any atom is -0.484 e. The van der Waals surface area contributed by atoms with E-state index < -0.39 is 0 Å². The van der Waals surface area contributed by atoms with Crippen molar-refractivity contribution in [1.82, 2.24) is 5.32 Å². The van der Waals surface area contributed by atoms with Crippen LogP contribution in [0.1, 0.15) is 25.7 Å². The normalized spacial score (nSPS) is 10.2. The first-order valence-electron chi connectivity index (χ1n) is 6.48. The summed E-state index contributed by atoms with van der Waals surface area (Å²) in [5.41, 5.74) is 0. The zero-order chi connectivity index (χ0) is 13.9. The number of hydrogen-bond donors (Lipinski definition) is 2. The maximum absolute atomic E-state index is 11.5. The second-order valence-electron chi connectivity index (χ2n) is 4.23. The highest BCUT2D eigenvalue weighted by Crippen LogP contribution is 2.15. The van der Waals surface area contributed by atoms with E-state index in [1.165, 1.54) is 0 Å². The van der Waals surface area contributed by atoms with E-state index in [9.17, 15) is 4.79 Å². The number of unbranched alkanes of at least 4 members (excludes halogenated alkanes) is 3. The van der Waals surface area contributed by atoms with Crippen LogP contribution < -0.4 is 10.1 Å². The lowest BCUT2D eigenvalue weighted by Gasteiger charge is -2.07. The lowest BCUT2D eigenvalue weighted by atomic mass is 10.2. The van der Waals surface area contributed by atoms with Gasteiger partial charge in [-0.1, -0.05) is 24.4 Å². The molecule has 0 bridgehead atoms. The minimum atomic E-state index is -0.128. The lowest BCUT2D eigenvalue weighted by molar-refractivity contribution is -0.123. The first-order valence-corrected chi connectivity index (χ1v) is 6.86. The van der Waals surface area contributed by atoms with Gasteiger partial charge in [0.05, 0.1) is 0 Å². The summed E-state index contributed by atoms with van der Waals surface area (Å²) >= 11 is 5.74. The number of aliphatic hydroxyl groups excluding tert-OH is 1. The molecule has 0 fully saturated rings. The van der Waals surface area contributed by atoms with Crippen LogP contribution >= 0.6 is 11.6 Å². The van der Waals surface area contributed by atoms with Gasteiger partial charge < -0.3 is 15.2 Å². The van der Waals surface area contributed by atoms with Gasteiger partial charge >= 0.3 is 0 Å². The first-order chi connectivity index (χ1) is 9.22. The molecule has 0 aliphatic carbocycles. The molecule has 0 saturated heterocycles. The van der Waals surface area contributed by atoms with Gasteiger partial charge in [-0.15, -0.1) is 0 Å². The van der Waals surface area contributed by atoms with Crippen molar-refractivity contribution in [3.05, 3.63) is 29.3 Å². The van der Waals surface area contributed by atoms with Crippen molar-refractivity contribution in [2.75, 3.05) is 19.8 Å². The molecule has 0 aromatic heterocycles. The third-order valence-electron chi connectivity index (χ3n) is 2.59. The summed E-state index contributed by atoms with van der Waals surface area (Å²) in [5, 5.41) is 12.0. The number of benzene rings is 1. The zero-order valence-corrected chi connectivity index (χ0v) is 11.7. The molecule has 0 unspecified atom stereocenters. The molecule has 0 heterocycles. The minimum absolute atomic E-state index is 0.0122. The SMILES string of the molecule is O=C(COc1ccc(Cl)cc1)NCCCCCCO. The van der Waals surface area contributed by atoms with E-state index in [2.05, 4.69) is 5.32 Å². The molecule has 0 aliphatic heterocycles. The lowest BCUT2D eigenvalue weighted by Crippen LogP contribution is -2.29. The molecule has 0 radical (unpaired) electrons. The summed E-state index contributed by atoms with van der Waals surface area (Å²) in [5.74, 6) is 0.500. The number of hydrogen-bond acceptors (Lipinski definition) is 3. The van der Waals surface area contributed by atoms with Crippen LogP contribution in [0.3, 0.4) is 0 Å². The van der Waals surface area contributed by atoms with Crippen molar-refractivity contribution >= 4 is 17.5 Å². The van der Waals surface area contributed by atoms with Crippen LogP contribution in [0.25, 0.3) is 0 Å². The highest BCUT2D eigenvalue weighted by atomic mass is 35.5. The van der Waals surface area contributed by atoms with Gasteiger partial charge in [0.2, 0.25) is 0 Å². The zero-order valence-electron chi connectivity index (χ0n) is 10.9. The van der Waals surface area contributed by atoms with E-state index in [0.717, 1.165) is 25.7 Å². The number of halogens is 1. The molecule has 0 atom stereocenters. The smallest absolute Gasteiger partial charge is 0.257 e. The maximum Gasteiger partial charge on any atom is 0.257 e. The maximum atomic E-state index is 11.5. The van der Waals surface area contributed by atoms with Crippen LogP contribution in [-0.4, -0.2) is 30.8 Å². The van der Waals surface area contributed by atoms with E-state index in [1.54, 1.807) is 24.3 Å². The Labute approximate surface area is 118 Å². The molecular formula is C14H20ClNO3. The molecule has 1 amide bonds. The second kappa shape index (κ2) is 9.64. The topological polar surface area (TPSA) is 58.6 Å². The van der Waals surface area contributed by atoms with Crippen molar-refractivity contribution in [2.24, 2.45) is 0 Å². The van der Waals surface area contributed by atoms with Gasteiger partial charge in [-0.2, -0.15) is 0 Å². The molecule has 1 aromatic carbocycles. The van der Waals surface area contributed by atoms with Gasteiger partial charge in [0.15, 0.2) is 6.61 Å². The van der Waals surface area contributed by atoms with Gasteiger partial charge in [-0.25, -0.2) is 0 Å². The molecule has 2 N–H and O–H groups in total. The monoisotopic (exact) mass is 285 g/mol. The third-order valence-corrected chi connectivity index (χ3v) is 2.84. The van der Waals surface area contributed by atoms with E-state index >= 15 is 0 Å². The van der Waals surface area contributed by atoms with Crippen molar-refractivity contribution < 1.29 is 14.6 Å². The molecule has 0 spiro atoms. The number of amides is 1. The fourth-order valence-corrected chi connectivity index (χ4v) is 1.67. The van der Waals surface area contributed by atoms with Crippen LogP contribution in [0.5, 0.6) is 5.75 Å². The van der Waals surface area contributed by atoms with Crippen LogP contribution in [0.2, 0.25) is 5.02 Å². The first kappa shape index (κ1) is 15.8. The fraction of sp³-hybridized carbons (Fsp3) is 0.500. The number of carbonyl (C=O) groups excluding carboxylic acids is 1. The predicted octanol–water partition coefficient (Wildman–Crippen LogP) is 2.39. The third kappa shape index (κ3) is 7.70. The van der Waals surface area contributed by atoms with E-state index in [1.807, 2.05) is 0 Å². The van der Waals surface area contributed by atoms with E-state index in [-0.39, 0.29) is 19.1 Å². The van der Waals surface area contributed by atoms with E-state index in [0.29, 0.717) is 17.3 Å². The summed E-state index contributed by atoms with van der Waals surface area (Å²) in [7, 11) is 0. The molecule has 19 heavy (non-hydrogen) atoms. The van der Waals surface area contributed by atoms with Crippen LogP contribution in [0.15, 0.2) is 24.3 Å². The summed E-state index contributed by atoms with van der Waals surface area (Å²) in [4.78, 5) is 11.5. The van der Waals surface area contributed by atoms with Gasteiger partial charge in [0, 0.05) is 18.2 Å². The number of aliphatic hydroxyl groups is 1. The number of carbonyl (C=O) groups is 1. The Kier molecular flexibility index (Phi) is 8.02. The Morgan fingerprint density at radius 1 is 1.16 bits per heavy atom. The van der Waals surface area contributed by atoms with Crippen molar-refractivity contribution in [3.63, 3.8) is 0 Å². The van der Waals surface area contributed by atoms with Gasteiger partial charge in [0.25, 0.3) is 5.91 Å². The molecule has 1 rings (SSSR count). The highest BCUT2D eigenvalue weighted by molar-refractivity contribution is 6.30. The largest absolute Gasteiger partial charge is 0.484 e. The van der Waals surface area contributed by atoms with Crippen molar-refractivity contribution in [3.8, 4) is 5.75 Å². The average Bonchev–Trinajstić information content (AvgIpc) is 2.42. The van der Waals surface area contributed by atoms with E-state index in [4.69, 9.17) is 21.4 Å². The summed E-state index contributed by atoms with van der Waals surface area (Å²) in [6, 6.07) is 6.89. The second-order valence-corrected chi connectivity index (χ2v) is 4.67. The molecule has 1 aromatic rings. The predicted molar refractivity (Wildman–Crippen MR) is 75.5 cm³/mol. The average molecular weight is 286 g/mol. The number of rotatable bonds is 9. The Balaban J connectivity index is 2.06. The van der Waals surface area contributed by atoms with Gasteiger partial charge in [-0.3, -0.25) is 4.79 Å². The van der Waals surface area contributed by atoms with Crippen LogP contribution in [0.4, 0.5) is 0 Å². The molecule has 5 heteroatoms. The quantitative estimate of drug-likeness (QED) is 0.685. The number of nitrogens with one attached hydrogen (secondary N) is 1. The highest BCUT2D eigenvalue weighted by Gasteiger charge is 2.02. The molecule has 4 nitrogen and oxygen atoms in total. The fourth-order valence-electron chi connectivity index (χ4n) is 1.55. The summed E-state index contributed by atoms with van der Waals surface area (Å²) < 4.78 is 5.31. The standard InChI is InChI=1S/C14H20ClNO3/c15-12-5-7-13(8-6-12)19-11-14(18)16-9-3-1-2-4-10-17/h5-8,17H,1-4,9-11H2,(H,16,18). The van der Waals surface area contributed by atoms with Crippen LogP contribution in [0, 0.1) is 0 Å². The Morgan fingerprint density at radius 3 is 2.53 bits per heavy atom. The van der Waals surface area contributed by atoms with Gasteiger partial charge in [-0.05, 0) is 37.1 Å². The molecular weight excluding hydrogens is 266 g/mol. The Bertz CT molecular complexity index is 367. The van der Waals surface area contributed by atoms with Crippen molar-refractivity contribution in [1.29, 1.82) is 0 Å². The van der Waals surface area contributed by atoms with Crippen LogP contribution in [-0.2, 0) is 4.79 Å². The Hall–Kier alpha value is -1.26. The van der Waals surface area contributed by atoms with Gasteiger partial charge in [0.1, 0.15) is 5.75 Å². The Morgan fingerprint density at radius 2 is 1.84 bits per heavy atom. The summed E-state index contributed by atoms with van der Waals surface area (Å²) in [6.45, 7) is 0.897. The molecule has 0 saturated carbocycles. The molecule has 0 aliphatic rings. The number of ether oxygens (including phenoxy) is 1. The van der Waals surface area contributed by atoms with Crippen molar-refractivity contribution in [2.45, 2.75) is 25.7 Å². The summed E-state index contributed by atoms with van der Waals surface area (Å²) in [6.07, 6.45) is 3.76. The molecule has 106 valence electrons.